The van der Waals surface area contributed by atoms with Gasteiger partial charge in [0.05, 0.1) is 19.8 Å². The molecule has 0 saturated heterocycles. The van der Waals surface area contributed by atoms with Crippen LogP contribution in [0.4, 0.5) is 4.39 Å². The lowest BCUT2D eigenvalue weighted by Crippen LogP contribution is -2.36. The Labute approximate surface area is 162 Å². The van der Waals surface area contributed by atoms with Gasteiger partial charge in [0.15, 0.2) is 18.1 Å². The van der Waals surface area contributed by atoms with Crippen LogP contribution in [0.15, 0.2) is 42.5 Å². The topological polar surface area (TPSA) is 65.1 Å². The molecule has 1 amide bonds. The fraction of sp³-hybridized carbons (Fsp3) is 0.333. The molecule has 28 heavy (non-hydrogen) atoms. The first-order chi connectivity index (χ1) is 13.5. The molecule has 6 nitrogen and oxygen atoms in total. The molecule has 0 radical (unpaired) electrons. The van der Waals surface area contributed by atoms with Crippen molar-refractivity contribution in [2.45, 2.75) is 25.4 Å². The summed E-state index contributed by atoms with van der Waals surface area (Å²) in [6, 6.07) is 11.0. The first-order valence-electron chi connectivity index (χ1n) is 8.95. The Bertz CT molecular complexity index is 866. The van der Waals surface area contributed by atoms with Gasteiger partial charge in [0.1, 0.15) is 5.82 Å². The van der Waals surface area contributed by atoms with E-state index in [-0.39, 0.29) is 29.9 Å². The Morgan fingerprint density at radius 2 is 1.79 bits per heavy atom. The standard InChI is InChI=1S/C21H22FNO5/c1-26-18-10-7-14(11-19(18)27-2)21(25)28-13-20(24)23(16-8-9-16)12-15-5-3-4-6-17(15)22/h3-7,10-11,16H,8-9,12-13H2,1-2H3. The van der Waals surface area contributed by atoms with Crippen molar-refractivity contribution in [3.05, 3.63) is 59.4 Å². The molecule has 7 heteroatoms. The van der Waals surface area contributed by atoms with Crippen LogP contribution in [0.5, 0.6) is 11.5 Å². The molecule has 1 fully saturated rings. The highest BCUT2D eigenvalue weighted by Crippen LogP contribution is 2.30. The molecule has 0 unspecified atom stereocenters. The molecule has 1 saturated carbocycles. The fourth-order valence-electron chi connectivity index (χ4n) is 2.87. The number of carbonyl (C=O) groups excluding carboxylic acids is 2. The maximum atomic E-state index is 13.9. The van der Waals surface area contributed by atoms with Gasteiger partial charge in [-0.05, 0) is 37.1 Å². The van der Waals surface area contributed by atoms with Crippen molar-refractivity contribution in [3.8, 4) is 11.5 Å². The van der Waals surface area contributed by atoms with Gasteiger partial charge in [0, 0.05) is 18.2 Å². The first kappa shape index (κ1) is 19.7. The zero-order chi connectivity index (χ0) is 20.1. The lowest BCUT2D eigenvalue weighted by atomic mass is 10.2. The number of halogens is 1. The maximum Gasteiger partial charge on any atom is 0.338 e. The highest BCUT2D eigenvalue weighted by Gasteiger charge is 2.33. The number of benzene rings is 2. The fourth-order valence-corrected chi connectivity index (χ4v) is 2.87. The van der Waals surface area contributed by atoms with E-state index in [1.165, 1.54) is 32.4 Å². The Balaban J connectivity index is 1.63. The number of hydrogen-bond acceptors (Lipinski definition) is 5. The van der Waals surface area contributed by atoms with Crippen molar-refractivity contribution in [1.29, 1.82) is 0 Å². The van der Waals surface area contributed by atoms with Crippen molar-refractivity contribution in [2.24, 2.45) is 0 Å². The number of amides is 1. The van der Waals surface area contributed by atoms with Gasteiger partial charge in [-0.15, -0.1) is 0 Å². The Morgan fingerprint density at radius 3 is 2.43 bits per heavy atom. The lowest BCUT2D eigenvalue weighted by molar-refractivity contribution is -0.135. The van der Waals surface area contributed by atoms with Crippen molar-refractivity contribution in [1.82, 2.24) is 4.90 Å². The summed E-state index contributed by atoms with van der Waals surface area (Å²) in [5.41, 5.74) is 0.687. The minimum Gasteiger partial charge on any atom is -0.493 e. The second-order valence-corrected chi connectivity index (χ2v) is 6.49. The SMILES string of the molecule is COc1ccc(C(=O)OCC(=O)N(Cc2ccccc2F)C2CC2)cc1OC. The van der Waals surface area contributed by atoms with E-state index in [1.807, 2.05) is 0 Å². The van der Waals surface area contributed by atoms with Crippen molar-refractivity contribution in [3.63, 3.8) is 0 Å². The van der Waals surface area contributed by atoms with Crippen LogP contribution in [0.3, 0.4) is 0 Å². The number of ether oxygens (including phenoxy) is 3. The highest BCUT2D eigenvalue weighted by molar-refractivity contribution is 5.92. The third-order valence-corrected chi connectivity index (χ3v) is 4.55. The van der Waals surface area contributed by atoms with Gasteiger partial charge in [0.25, 0.3) is 5.91 Å². The molecule has 148 valence electrons. The van der Waals surface area contributed by atoms with Crippen LogP contribution in [0.1, 0.15) is 28.8 Å². The van der Waals surface area contributed by atoms with Gasteiger partial charge in [0.2, 0.25) is 0 Å². The number of rotatable bonds is 8. The second kappa shape index (κ2) is 8.73. The van der Waals surface area contributed by atoms with E-state index in [4.69, 9.17) is 14.2 Å². The Morgan fingerprint density at radius 1 is 1.07 bits per heavy atom. The van der Waals surface area contributed by atoms with Gasteiger partial charge in [-0.3, -0.25) is 4.79 Å². The first-order valence-corrected chi connectivity index (χ1v) is 8.95. The second-order valence-electron chi connectivity index (χ2n) is 6.49. The van der Waals surface area contributed by atoms with E-state index in [9.17, 15) is 14.0 Å². The normalized spacial score (nSPS) is 13.0. The summed E-state index contributed by atoms with van der Waals surface area (Å²) in [5, 5.41) is 0. The van der Waals surface area contributed by atoms with Crippen molar-refractivity contribution >= 4 is 11.9 Å². The van der Waals surface area contributed by atoms with E-state index in [2.05, 4.69) is 0 Å². The molecule has 0 aliphatic heterocycles. The maximum absolute atomic E-state index is 13.9. The van der Waals surface area contributed by atoms with Crippen LogP contribution in [-0.2, 0) is 16.1 Å². The summed E-state index contributed by atoms with van der Waals surface area (Å²) in [5.74, 6) is -0.471. The largest absolute Gasteiger partial charge is 0.493 e. The molecular formula is C21H22FNO5. The predicted octanol–water partition coefficient (Wildman–Crippen LogP) is 3.19. The zero-order valence-corrected chi connectivity index (χ0v) is 15.8. The van der Waals surface area contributed by atoms with E-state index in [1.54, 1.807) is 29.2 Å². The molecular weight excluding hydrogens is 365 g/mol. The van der Waals surface area contributed by atoms with Crippen LogP contribution >= 0.6 is 0 Å². The molecule has 0 N–H and O–H groups in total. The van der Waals surface area contributed by atoms with Gasteiger partial charge >= 0.3 is 5.97 Å². The lowest BCUT2D eigenvalue weighted by Gasteiger charge is -2.22. The number of methoxy groups -OCH3 is 2. The molecule has 0 spiro atoms. The third kappa shape index (κ3) is 4.60. The van der Waals surface area contributed by atoms with Crippen LogP contribution in [0.25, 0.3) is 0 Å². The zero-order valence-electron chi connectivity index (χ0n) is 15.8. The van der Waals surface area contributed by atoms with Gasteiger partial charge in [-0.1, -0.05) is 18.2 Å². The third-order valence-electron chi connectivity index (χ3n) is 4.55. The number of hydrogen-bond donors (Lipinski definition) is 0. The summed E-state index contributed by atoms with van der Waals surface area (Å²) >= 11 is 0. The van der Waals surface area contributed by atoms with E-state index in [0.717, 1.165) is 12.8 Å². The van der Waals surface area contributed by atoms with Crippen LogP contribution in [0.2, 0.25) is 0 Å². The summed E-state index contributed by atoms with van der Waals surface area (Å²) in [7, 11) is 2.96. The average molecular weight is 387 g/mol. The van der Waals surface area contributed by atoms with Crippen LogP contribution in [-0.4, -0.2) is 43.6 Å². The summed E-state index contributed by atoms with van der Waals surface area (Å²) in [6.45, 7) is -0.248. The number of carbonyl (C=O) groups is 2. The number of nitrogens with zero attached hydrogens (tertiary/aromatic N) is 1. The monoisotopic (exact) mass is 387 g/mol. The number of esters is 1. The summed E-state index contributed by atoms with van der Waals surface area (Å²) in [4.78, 5) is 26.4. The average Bonchev–Trinajstić information content (AvgIpc) is 3.55. The van der Waals surface area contributed by atoms with E-state index in [0.29, 0.717) is 17.1 Å². The predicted molar refractivity (Wildman–Crippen MR) is 99.8 cm³/mol. The van der Waals surface area contributed by atoms with Gasteiger partial charge < -0.3 is 19.1 Å². The Hall–Kier alpha value is -3.09. The molecule has 0 aromatic heterocycles. The highest BCUT2D eigenvalue weighted by atomic mass is 19.1. The minimum atomic E-state index is -0.643. The molecule has 3 rings (SSSR count). The minimum absolute atomic E-state index is 0.0619. The molecule has 1 aliphatic carbocycles. The van der Waals surface area contributed by atoms with Gasteiger partial charge in [-0.2, -0.15) is 0 Å². The van der Waals surface area contributed by atoms with E-state index < -0.39 is 12.6 Å². The van der Waals surface area contributed by atoms with E-state index >= 15 is 0 Å². The Kier molecular flexibility index (Phi) is 6.13. The molecule has 2 aromatic carbocycles. The molecule has 2 aromatic rings. The van der Waals surface area contributed by atoms with Crippen LogP contribution < -0.4 is 9.47 Å². The molecule has 0 bridgehead atoms. The summed E-state index contributed by atoms with van der Waals surface area (Å²) < 4.78 is 29.4. The quantitative estimate of drug-likeness (QED) is 0.651. The summed E-state index contributed by atoms with van der Waals surface area (Å²) in [6.07, 6.45) is 1.73. The molecule has 0 heterocycles. The smallest absolute Gasteiger partial charge is 0.338 e. The van der Waals surface area contributed by atoms with Crippen molar-refractivity contribution in [2.75, 3.05) is 20.8 Å². The molecule has 1 aliphatic rings. The van der Waals surface area contributed by atoms with Crippen LogP contribution in [0, 0.1) is 5.82 Å². The molecule has 0 atom stereocenters. The van der Waals surface area contributed by atoms with Gasteiger partial charge in [-0.25, -0.2) is 9.18 Å². The van der Waals surface area contributed by atoms with Crippen molar-refractivity contribution < 1.29 is 28.2 Å².